The van der Waals surface area contributed by atoms with Gasteiger partial charge in [-0.15, -0.1) is 0 Å². The van der Waals surface area contributed by atoms with E-state index in [1.807, 2.05) is 13.8 Å². The quantitative estimate of drug-likeness (QED) is 0.848. The zero-order valence-corrected chi connectivity index (χ0v) is 14.7. The Morgan fingerprint density at radius 3 is 2.60 bits per heavy atom. The molecule has 25 heavy (non-hydrogen) atoms. The summed E-state index contributed by atoms with van der Waals surface area (Å²) in [5.74, 6) is 0.0171. The lowest BCUT2D eigenvalue weighted by molar-refractivity contribution is -0.128. The van der Waals surface area contributed by atoms with Crippen LogP contribution in [-0.4, -0.2) is 12.0 Å². The minimum absolute atomic E-state index is 0.0794. The molecule has 0 saturated carbocycles. The Bertz CT molecular complexity index is 742. The molecule has 0 aliphatic heterocycles. The van der Waals surface area contributed by atoms with Gasteiger partial charge in [0.25, 0.3) is 5.91 Å². The van der Waals surface area contributed by atoms with E-state index in [4.69, 9.17) is 4.74 Å². The molecule has 132 valence electrons. The monoisotopic (exact) mass is 341 g/mol. The lowest BCUT2D eigenvalue weighted by Gasteiger charge is -2.21. The van der Waals surface area contributed by atoms with Crippen molar-refractivity contribution in [1.29, 1.82) is 0 Å². The van der Waals surface area contributed by atoms with Gasteiger partial charge in [0, 0.05) is 0 Å². The molecule has 2 unspecified atom stereocenters. The van der Waals surface area contributed by atoms with E-state index in [9.17, 15) is 9.18 Å². The number of ether oxygens (including phenoxy) is 1. The second-order valence-electron chi connectivity index (χ2n) is 6.58. The van der Waals surface area contributed by atoms with E-state index < -0.39 is 6.10 Å². The van der Waals surface area contributed by atoms with Crippen molar-refractivity contribution in [3.63, 3.8) is 0 Å². The molecule has 0 heterocycles. The number of hydrogen-bond acceptors (Lipinski definition) is 2. The van der Waals surface area contributed by atoms with E-state index >= 15 is 0 Å². The van der Waals surface area contributed by atoms with Crippen molar-refractivity contribution in [2.24, 2.45) is 0 Å². The summed E-state index contributed by atoms with van der Waals surface area (Å²) in [6.07, 6.45) is 3.43. The highest BCUT2D eigenvalue weighted by molar-refractivity contribution is 5.81. The summed E-state index contributed by atoms with van der Waals surface area (Å²) in [4.78, 5) is 12.6. The largest absolute Gasteiger partial charge is 0.481 e. The third kappa shape index (κ3) is 4.19. The molecule has 2 aromatic rings. The highest BCUT2D eigenvalue weighted by atomic mass is 19.1. The third-order valence-electron chi connectivity index (χ3n) is 4.74. The first-order valence-electron chi connectivity index (χ1n) is 8.91. The number of fused-ring (bicyclic) bond motifs is 1. The Morgan fingerprint density at radius 1 is 1.16 bits per heavy atom. The molecule has 0 saturated heterocycles. The fourth-order valence-electron chi connectivity index (χ4n) is 3.25. The van der Waals surface area contributed by atoms with Crippen molar-refractivity contribution in [3.8, 4) is 5.75 Å². The molecule has 0 bridgehead atoms. The summed E-state index contributed by atoms with van der Waals surface area (Å²) in [5, 5.41) is 3.03. The number of rotatable bonds is 6. The first kappa shape index (κ1) is 17.5. The van der Waals surface area contributed by atoms with Crippen LogP contribution in [0.5, 0.6) is 5.75 Å². The Kier molecular flexibility index (Phi) is 5.37. The molecule has 2 aromatic carbocycles. The van der Waals surface area contributed by atoms with Crippen LogP contribution in [0.15, 0.2) is 42.5 Å². The van der Waals surface area contributed by atoms with Crippen LogP contribution in [0.2, 0.25) is 0 Å². The van der Waals surface area contributed by atoms with Crippen molar-refractivity contribution in [3.05, 3.63) is 65.0 Å². The van der Waals surface area contributed by atoms with E-state index in [2.05, 4.69) is 23.5 Å². The molecular formula is C21H24FNO2. The number of benzene rings is 2. The number of nitrogens with one attached hydrogen (secondary N) is 1. The van der Waals surface area contributed by atoms with Crippen LogP contribution in [0.25, 0.3) is 0 Å². The predicted molar refractivity (Wildman–Crippen MR) is 96.1 cm³/mol. The fraction of sp³-hybridized carbons (Fsp3) is 0.381. The van der Waals surface area contributed by atoms with Gasteiger partial charge in [0.15, 0.2) is 6.10 Å². The number of halogens is 1. The predicted octanol–water partition coefficient (Wildman–Crippen LogP) is 4.35. The van der Waals surface area contributed by atoms with Crippen molar-refractivity contribution in [2.75, 3.05) is 0 Å². The van der Waals surface area contributed by atoms with Crippen LogP contribution in [0, 0.1) is 5.82 Å². The van der Waals surface area contributed by atoms with Gasteiger partial charge in [-0.25, -0.2) is 4.39 Å². The van der Waals surface area contributed by atoms with Crippen molar-refractivity contribution in [2.45, 2.75) is 51.7 Å². The molecule has 0 radical (unpaired) electrons. The molecule has 0 fully saturated rings. The second kappa shape index (κ2) is 7.68. The van der Waals surface area contributed by atoms with Crippen LogP contribution >= 0.6 is 0 Å². The Balaban J connectivity index is 1.63. The van der Waals surface area contributed by atoms with Crippen molar-refractivity contribution < 1.29 is 13.9 Å². The van der Waals surface area contributed by atoms with Gasteiger partial charge in [-0.1, -0.05) is 25.1 Å². The van der Waals surface area contributed by atoms with Gasteiger partial charge in [0.05, 0.1) is 6.04 Å². The van der Waals surface area contributed by atoms with E-state index in [1.165, 1.54) is 41.8 Å². The Morgan fingerprint density at radius 2 is 1.88 bits per heavy atom. The van der Waals surface area contributed by atoms with Gasteiger partial charge >= 0.3 is 0 Å². The van der Waals surface area contributed by atoms with E-state index in [1.54, 1.807) is 0 Å². The number of hydrogen-bond donors (Lipinski definition) is 1. The Labute approximate surface area is 148 Å². The van der Waals surface area contributed by atoms with Gasteiger partial charge in [-0.2, -0.15) is 0 Å². The maximum Gasteiger partial charge on any atom is 0.261 e. The molecule has 0 spiro atoms. The van der Waals surface area contributed by atoms with Gasteiger partial charge in [-0.05, 0) is 73.6 Å². The number of aryl methyl sites for hydroxylation is 2. The second-order valence-corrected chi connectivity index (χ2v) is 6.58. The average molecular weight is 341 g/mol. The van der Waals surface area contributed by atoms with Gasteiger partial charge in [-0.3, -0.25) is 4.79 Å². The first-order valence-corrected chi connectivity index (χ1v) is 8.91. The van der Waals surface area contributed by atoms with Crippen LogP contribution in [-0.2, 0) is 17.6 Å². The highest BCUT2D eigenvalue weighted by Crippen LogP contribution is 2.25. The zero-order valence-electron chi connectivity index (χ0n) is 14.7. The molecule has 0 aromatic heterocycles. The SMILES string of the molecule is CCC(Oc1ccc(F)cc1)C(=O)NC(C)c1ccc2c(c1)CCC2. The highest BCUT2D eigenvalue weighted by Gasteiger charge is 2.21. The van der Waals surface area contributed by atoms with E-state index in [0.29, 0.717) is 12.2 Å². The molecule has 1 amide bonds. The summed E-state index contributed by atoms with van der Waals surface area (Å²) in [6.45, 7) is 3.88. The lowest BCUT2D eigenvalue weighted by Crippen LogP contribution is -2.39. The smallest absolute Gasteiger partial charge is 0.261 e. The summed E-state index contributed by atoms with van der Waals surface area (Å²) in [7, 11) is 0. The fourth-order valence-corrected chi connectivity index (χ4v) is 3.25. The van der Waals surface area contributed by atoms with Crippen molar-refractivity contribution >= 4 is 5.91 Å². The zero-order chi connectivity index (χ0) is 17.8. The topological polar surface area (TPSA) is 38.3 Å². The van der Waals surface area contributed by atoms with Crippen molar-refractivity contribution in [1.82, 2.24) is 5.32 Å². The van der Waals surface area contributed by atoms with E-state index in [0.717, 1.165) is 18.4 Å². The van der Waals surface area contributed by atoms with Crippen LogP contribution < -0.4 is 10.1 Å². The third-order valence-corrected chi connectivity index (χ3v) is 4.74. The van der Waals surface area contributed by atoms with E-state index in [-0.39, 0.29) is 17.8 Å². The molecule has 1 aliphatic rings. The normalized spacial score (nSPS) is 15.3. The number of carbonyl (C=O) groups excluding carboxylic acids is 1. The maximum atomic E-state index is 13.0. The number of carbonyl (C=O) groups is 1. The van der Waals surface area contributed by atoms with Crippen LogP contribution in [0.1, 0.15) is 49.4 Å². The number of amides is 1. The lowest BCUT2D eigenvalue weighted by atomic mass is 10.0. The summed E-state index contributed by atoms with van der Waals surface area (Å²) < 4.78 is 18.7. The summed E-state index contributed by atoms with van der Waals surface area (Å²) in [6, 6.07) is 12.1. The van der Waals surface area contributed by atoms with Gasteiger partial charge < -0.3 is 10.1 Å². The Hall–Kier alpha value is -2.36. The molecular weight excluding hydrogens is 317 g/mol. The standard InChI is InChI=1S/C21H24FNO2/c1-3-20(25-19-11-9-18(22)10-12-19)21(24)23-14(2)16-8-7-15-5-4-6-17(15)13-16/h7-14,20H,3-6H2,1-2H3,(H,23,24). The minimum atomic E-state index is -0.595. The molecule has 3 nitrogen and oxygen atoms in total. The van der Waals surface area contributed by atoms with Crippen LogP contribution in [0.3, 0.4) is 0 Å². The van der Waals surface area contributed by atoms with Gasteiger partial charge in [0.2, 0.25) is 0 Å². The molecule has 2 atom stereocenters. The van der Waals surface area contributed by atoms with Gasteiger partial charge in [0.1, 0.15) is 11.6 Å². The van der Waals surface area contributed by atoms with Crippen LogP contribution in [0.4, 0.5) is 4.39 Å². The molecule has 3 rings (SSSR count). The maximum absolute atomic E-state index is 13.0. The molecule has 1 N–H and O–H groups in total. The first-order chi connectivity index (χ1) is 12.1. The summed E-state index contributed by atoms with van der Waals surface area (Å²) in [5.41, 5.74) is 3.94. The molecule has 4 heteroatoms. The average Bonchev–Trinajstić information content (AvgIpc) is 3.08. The minimum Gasteiger partial charge on any atom is -0.481 e. The molecule has 1 aliphatic carbocycles. The summed E-state index contributed by atoms with van der Waals surface area (Å²) >= 11 is 0.